The summed E-state index contributed by atoms with van der Waals surface area (Å²) in [4.78, 5) is 23.4. The van der Waals surface area contributed by atoms with Gasteiger partial charge >= 0.3 is 0 Å². The number of aromatic nitrogens is 1. The highest BCUT2D eigenvalue weighted by Gasteiger charge is 2.32. The molecule has 1 fully saturated rings. The first-order chi connectivity index (χ1) is 16.5. The smallest absolute Gasteiger partial charge is 0.231 e. The Hall–Kier alpha value is -3.13. The van der Waals surface area contributed by atoms with Crippen LogP contribution in [0.25, 0.3) is 17.0 Å². The van der Waals surface area contributed by atoms with Crippen LogP contribution in [0.3, 0.4) is 0 Å². The van der Waals surface area contributed by atoms with Gasteiger partial charge in [0.15, 0.2) is 5.76 Å². The van der Waals surface area contributed by atoms with Crippen molar-refractivity contribution in [1.82, 2.24) is 19.7 Å². The summed E-state index contributed by atoms with van der Waals surface area (Å²) in [6, 6.07) is 11.2. The van der Waals surface area contributed by atoms with Crippen LogP contribution >= 0.6 is 0 Å². The van der Waals surface area contributed by atoms with E-state index in [4.69, 9.17) is 4.74 Å². The van der Waals surface area contributed by atoms with Crippen LogP contribution in [0.1, 0.15) is 27.9 Å². The average molecular weight is 461 g/mol. The minimum atomic E-state index is -0.146. The molecule has 34 heavy (non-hydrogen) atoms. The van der Waals surface area contributed by atoms with Crippen LogP contribution in [0, 0.1) is 0 Å². The minimum absolute atomic E-state index is 0.146. The number of allylic oxidation sites excluding steroid dienone is 1. The second-order valence-electron chi connectivity index (χ2n) is 9.44. The van der Waals surface area contributed by atoms with Crippen LogP contribution in [-0.4, -0.2) is 83.9 Å². The Balaban J connectivity index is 1.30. The van der Waals surface area contributed by atoms with Crippen molar-refractivity contribution in [2.24, 2.45) is 0 Å². The van der Waals surface area contributed by atoms with E-state index in [0.29, 0.717) is 23.4 Å². The summed E-state index contributed by atoms with van der Waals surface area (Å²) >= 11 is 0. The Bertz CT molecular complexity index is 1220. The van der Waals surface area contributed by atoms with Crippen molar-refractivity contribution in [2.45, 2.75) is 13.0 Å². The molecule has 3 heterocycles. The predicted octanol–water partition coefficient (Wildman–Crippen LogP) is 3.56. The Morgan fingerprint density at radius 2 is 1.85 bits per heavy atom. The van der Waals surface area contributed by atoms with Crippen molar-refractivity contribution in [3.8, 4) is 11.5 Å². The highest BCUT2D eigenvalue weighted by molar-refractivity contribution is 6.15. The Morgan fingerprint density at radius 3 is 2.65 bits per heavy atom. The van der Waals surface area contributed by atoms with Crippen LogP contribution in [0.5, 0.6) is 11.5 Å². The van der Waals surface area contributed by atoms with Crippen molar-refractivity contribution >= 4 is 22.8 Å². The van der Waals surface area contributed by atoms with Gasteiger partial charge in [-0.25, -0.2) is 0 Å². The SMILES string of the molecule is CN(C)CCCN1CCN(Cc2c(O)ccc3c2O/C(=C\c2c[nH]c4ccccc24)C3=O)CC1. The molecule has 0 saturated carbocycles. The topological polar surface area (TPSA) is 72.0 Å². The van der Waals surface area contributed by atoms with E-state index in [1.54, 1.807) is 18.2 Å². The molecule has 0 aliphatic carbocycles. The first-order valence-electron chi connectivity index (χ1n) is 11.9. The summed E-state index contributed by atoms with van der Waals surface area (Å²) < 4.78 is 6.09. The number of hydrogen-bond donors (Lipinski definition) is 2. The summed E-state index contributed by atoms with van der Waals surface area (Å²) in [5, 5.41) is 11.7. The number of para-hydroxylation sites is 1. The van der Waals surface area contributed by atoms with E-state index < -0.39 is 0 Å². The fraction of sp³-hybridized carbons (Fsp3) is 0.370. The lowest BCUT2D eigenvalue weighted by Gasteiger charge is -2.35. The van der Waals surface area contributed by atoms with Gasteiger partial charge in [-0.3, -0.25) is 9.69 Å². The largest absolute Gasteiger partial charge is 0.507 e. The van der Waals surface area contributed by atoms with Gasteiger partial charge < -0.3 is 24.6 Å². The lowest BCUT2D eigenvalue weighted by molar-refractivity contribution is 0.101. The summed E-state index contributed by atoms with van der Waals surface area (Å²) in [5.41, 5.74) is 3.12. The summed E-state index contributed by atoms with van der Waals surface area (Å²) in [6.45, 7) is 6.65. The van der Waals surface area contributed by atoms with Crippen LogP contribution < -0.4 is 4.74 Å². The quantitative estimate of drug-likeness (QED) is 0.526. The molecule has 2 N–H and O–H groups in total. The number of phenols is 1. The van der Waals surface area contributed by atoms with Gasteiger partial charge in [-0.05, 0) is 57.9 Å². The number of nitrogens with zero attached hydrogens (tertiary/aromatic N) is 3. The van der Waals surface area contributed by atoms with Crippen molar-refractivity contribution in [3.05, 3.63) is 65.0 Å². The number of nitrogens with one attached hydrogen (secondary N) is 1. The molecule has 0 atom stereocenters. The van der Waals surface area contributed by atoms with E-state index in [0.717, 1.165) is 55.7 Å². The van der Waals surface area contributed by atoms with Gasteiger partial charge in [0.05, 0.1) is 11.1 Å². The number of phenolic OH excluding ortho intramolecular Hbond substituents is 1. The number of H-pyrrole nitrogens is 1. The summed E-state index contributed by atoms with van der Waals surface area (Å²) in [6.07, 6.45) is 4.84. The molecule has 1 aromatic heterocycles. The number of Topliss-reactive ketones (excluding diaryl/α,β-unsaturated/α-hetero) is 1. The number of carbonyl (C=O) groups is 1. The van der Waals surface area contributed by atoms with Gasteiger partial charge in [-0.2, -0.15) is 0 Å². The normalized spacial score (nSPS) is 18.2. The van der Waals surface area contributed by atoms with Crippen LogP contribution in [0.2, 0.25) is 0 Å². The standard InChI is InChI=1S/C27H32N4O3/c1-29(2)10-5-11-30-12-14-31(15-13-30)18-22-24(32)9-8-21-26(33)25(34-27(21)22)16-19-17-28-23-7-4-3-6-20(19)23/h3-4,6-9,16-17,28,32H,5,10-15,18H2,1-2H3/b25-16-. The fourth-order valence-electron chi connectivity index (χ4n) is 4.81. The number of fused-ring (bicyclic) bond motifs is 2. The summed E-state index contributed by atoms with van der Waals surface area (Å²) in [5.74, 6) is 0.808. The molecule has 2 aliphatic heterocycles. The Morgan fingerprint density at radius 1 is 1.09 bits per heavy atom. The molecule has 7 nitrogen and oxygen atoms in total. The number of aromatic amines is 1. The zero-order valence-corrected chi connectivity index (χ0v) is 19.9. The van der Waals surface area contributed by atoms with Crippen molar-refractivity contribution in [2.75, 3.05) is 53.4 Å². The number of hydrogen-bond acceptors (Lipinski definition) is 6. The maximum Gasteiger partial charge on any atom is 0.231 e. The van der Waals surface area contributed by atoms with Gasteiger partial charge in [0, 0.05) is 55.4 Å². The Kier molecular flexibility index (Phi) is 6.41. The average Bonchev–Trinajstić information content (AvgIpc) is 3.38. The van der Waals surface area contributed by atoms with E-state index >= 15 is 0 Å². The first kappa shape index (κ1) is 22.7. The molecule has 0 unspecified atom stereocenters. The fourth-order valence-corrected chi connectivity index (χ4v) is 4.81. The molecule has 0 radical (unpaired) electrons. The first-order valence-corrected chi connectivity index (χ1v) is 11.9. The van der Waals surface area contributed by atoms with E-state index in [9.17, 15) is 9.90 Å². The molecule has 3 aromatic rings. The van der Waals surface area contributed by atoms with E-state index in [2.05, 4.69) is 33.8 Å². The molecular weight excluding hydrogens is 428 g/mol. The molecule has 2 aliphatic rings. The highest BCUT2D eigenvalue weighted by atomic mass is 16.5. The van der Waals surface area contributed by atoms with Crippen molar-refractivity contribution in [3.63, 3.8) is 0 Å². The number of benzene rings is 2. The molecule has 7 heteroatoms. The lowest BCUT2D eigenvalue weighted by atomic mass is 10.0. The molecule has 5 rings (SSSR count). The summed E-state index contributed by atoms with van der Waals surface area (Å²) in [7, 11) is 4.22. The third-order valence-electron chi connectivity index (χ3n) is 6.75. The minimum Gasteiger partial charge on any atom is -0.507 e. The third kappa shape index (κ3) is 4.59. The number of ether oxygens (including phenoxy) is 1. The van der Waals surface area contributed by atoms with Crippen LogP contribution in [-0.2, 0) is 6.54 Å². The number of aromatic hydroxyl groups is 1. The zero-order valence-electron chi connectivity index (χ0n) is 19.9. The molecule has 1 saturated heterocycles. The molecular formula is C27H32N4O3. The van der Waals surface area contributed by atoms with E-state index in [1.165, 1.54) is 6.42 Å². The van der Waals surface area contributed by atoms with Gasteiger partial charge in [-0.15, -0.1) is 0 Å². The van der Waals surface area contributed by atoms with E-state index in [1.807, 2.05) is 30.5 Å². The van der Waals surface area contributed by atoms with Crippen LogP contribution in [0.15, 0.2) is 48.4 Å². The van der Waals surface area contributed by atoms with E-state index in [-0.39, 0.29) is 17.3 Å². The second-order valence-corrected chi connectivity index (χ2v) is 9.44. The third-order valence-corrected chi connectivity index (χ3v) is 6.75. The number of ketones is 1. The predicted molar refractivity (Wildman–Crippen MR) is 134 cm³/mol. The maximum atomic E-state index is 13.1. The highest BCUT2D eigenvalue weighted by Crippen LogP contribution is 2.40. The Labute approximate surface area is 200 Å². The monoisotopic (exact) mass is 460 g/mol. The second kappa shape index (κ2) is 9.62. The van der Waals surface area contributed by atoms with Gasteiger partial charge in [0.2, 0.25) is 5.78 Å². The molecule has 178 valence electrons. The molecule has 0 spiro atoms. The van der Waals surface area contributed by atoms with Gasteiger partial charge in [-0.1, -0.05) is 18.2 Å². The maximum absolute atomic E-state index is 13.1. The zero-order chi connectivity index (χ0) is 23.7. The van der Waals surface area contributed by atoms with Crippen molar-refractivity contribution in [1.29, 1.82) is 0 Å². The van der Waals surface area contributed by atoms with Crippen LogP contribution in [0.4, 0.5) is 0 Å². The molecule has 0 bridgehead atoms. The lowest BCUT2D eigenvalue weighted by Crippen LogP contribution is -2.46. The van der Waals surface area contributed by atoms with Gasteiger partial charge in [0.1, 0.15) is 11.5 Å². The molecule has 2 aromatic carbocycles. The molecule has 0 amide bonds. The number of piperazine rings is 1. The number of rotatable bonds is 7. The van der Waals surface area contributed by atoms with Crippen molar-refractivity contribution < 1.29 is 14.6 Å². The van der Waals surface area contributed by atoms with Gasteiger partial charge in [0.25, 0.3) is 0 Å². The number of carbonyl (C=O) groups excluding carboxylic acids is 1.